The Labute approximate surface area is 301 Å². The standard InChI is InChI=1S/C41H63N3O6/c1-14-27(4)34(43-39(48)50-41(11,12)13)37(46)44(29(6)24-23-26(2)3)35(32-22-18-19-28(5)30(32)7)36(45)42-33(38(47)49-40(8,9)10)25-31-20-16-15-17-21-31/h15-22,26-27,29,33-35H,14,23-25H2,1-13H3,(H,42,45)(H,43,48). The lowest BCUT2D eigenvalue weighted by atomic mass is 9.90. The summed E-state index contributed by atoms with van der Waals surface area (Å²) in [6.45, 7) is 24.6. The Morgan fingerprint density at radius 3 is 1.92 bits per heavy atom. The molecule has 9 heteroatoms. The van der Waals surface area contributed by atoms with Crippen LogP contribution in [0.4, 0.5) is 4.79 Å². The second-order valence-corrected chi connectivity index (χ2v) is 16.1. The fraction of sp³-hybridized carbons (Fsp3) is 0.610. The van der Waals surface area contributed by atoms with E-state index in [0.717, 1.165) is 23.1 Å². The van der Waals surface area contributed by atoms with Gasteiger partial charge in [0.25, 0.3) is 0 Å². The summed E-state index contributed by atoms with van der Waals surface area (Å²) >= 11 is 0. The number of nitrogens with one attached hydrogen (secondary N) is 2. The Kier molecular flexibility index (Phi) is 15.5. The van der Waals surface area contributed by atoms with E-state index in [1.807, 2.05) is 83.1 Å². The number of hydrogen-bond acceptors (Lipinski definition) is 6. The van der Waals surface area contributed by atoms with Gasteiger partial charge in [-0.05, 0) is 109 Å². The summed E-state index contributed by atoms with van der Waals surface area (Å²) in [5.41, 5.74) is 1.76. The predicted molar refractivity (Wildman–Crippen MR) is 200 cm³/mol. The van der Waals surface area contributed by atoms with Crippen LogP contribution in [-0.2, 0) is 30.3 Å². The van der Waals surface area contributed by atoms with Gasteiger partial charge in [-0.1, -0.05) is 82.6 Å². The highest BCUT2D eigenvalue weighted by molar-refractivity contribution is 5.94. The highest BCUT2D eigenvalue weighted by Gasteiger charge is 2.42. The summed E-state index contributed by atoms with van der Waals surface area (Å²) in [7, 11) is 0. The van der Waals surface area contributed by atoms with Crippen LogP contribution in [0.25, 0.3) is 0 Å². The van der Waals surface area contributed by atoms with Crippen LogP contribution in [0, 0.1) is 25.7 Å². The van der Waals surface area contributed by atoms with E-state index < -0.39 is 53.3 Å². The van der Waals surface area contributed by atoms with Crippen LogP contribution in [0.3, 0.4) is 0 Å². The molecule has 0 saturated carbocycles. The molecular formula is C41H63N3O6. The second kappa shape index (κ2) is 18.4. The number of esters is 1. The molecule has 0 radical (unpaired) electrons. The third-order valence-corrected chi connectivity index (χ3v) is 8.80. The van der Waals surface area contributed by atoms with Gasteiger partial charge in [0.05, 0.1) is 0 Å². The van der Waals surface area contributed by atoms with Gasteiger partial charge >= 0.3 is 12.1 Å². The molecule has 9 nitrogen and oxygen atoms in total. The molecule has 0 saturated heterocycles. The Morgan fingerprint density at radius 2 is 1.38 bits per heavy atom. The molecule has 5 atom stereocenters. The topological polar surface area (TPSA) is 114 Å². The molecule has 278 valence electrons. The Hall–Kier alpha value is -3.88. The molecule has 0 fully saturated rings. The van der Waals surface area contributed by atoms with E-state index in [9.17, 15) is 14.4 Å². The lowest BCUT2D eigenvalue weighted by Gasteiger charge is -2.41. The Balaban J connectivity index is 2.79. The smallest absolute Gasteiger partial charge is 0.408 e. The summed E-state index contributed by atoms with van der Waals surface area (Å²) in [5.74, 6) is -1.38. The molecule has 0 aliphatic rings. The van der Waals surface area contributed by atoms with Gasteiger partial charge in [0, 0.05) is 12.5 Å². The van der Waals surface area contributed by atoms with Crippen molar-refractivity contribution in [3.8, 4) is 0 Å². The summed E-state index contributed by atoms with van der Waals surface area (Å²) < 4.78 is 11.4. The summed E-state index contributed by atoms with van der Waals surface area (Å²) in [6, 6.07) is 11.6. The van der Waals surface area contributed by atoms with Crippen molar-refractivity contribution in [2.24, 2.45) is 11.8 Å². The first-order valence-corrected chi connectivity index (χ1v) is 18.1. The van der Waals surface area contributed by atoms with Gasteiger partial charge in [-0.15, -0.1) is 0 Å². The maximum atomic E-state index is 15.0. The molecule has 2 rings (SSSR count). The summed E-state index contributed by atoms with van der Waals surface area (Å²) in [6.07, 6.45) is 1.53. The highest BCUT2D eigenvalue weighted by atomic mass is 16.6. The van der Waals surface area contributed by atoms with Gasteiger partial charge in [0.1, 0.15) is 29.3 Å². The van der Waals surface area contributed by atoms with E-state index in [2.05, 4.69) is 24.5 Å². The number of amides is 3. The Morgan fingerprint density at radius 1 is 0.780 bits per heavy atom. The van der Waals surface area contributed by atoms with E-state index in [4.69, 9.17) is 9.47 Å². The number of rotatable bonds is 15. The third kappa shape index (κ3) is 13.1. The first-order chi connectivity index (χ1) is 23.1. The molecule has 0 aromatic heterocycles. The molecular weight excluding hydrogens is 630 g/mol. The fourth-order valence-electron chi connectivity index (χ4n) is 5.74. The minimum atomic E-state index is -1.11. The van der Waals surface area contributed by atoms with Gasteiger partial charge in [0.2, 0.25) is 11.8 Å². The number of nitrogens with zero attached hydrogens (tertiary/aromatic N) is 1. The molecule has 50 heavy (non-hydrogen) atoms. The van der Waals surface area contributed by atoms with Crippen molar-refractivity contribution in [3.63, 3.8) is 0 Å². The maximum Gasteiger partial charge on any atom is 0.408 e. The maximum absolute atomic E-state index is 15.0. The van der Waals surface area contributed by atoms with Crippen LogP contribution in [-0.4, -0.2) is 58.1 Å². The molecule has 2 N–H and O–H groups in total. The number of alkyl carbamates (subject to hydrolysis) is 1. The Bertz CT molecular complexity index is 1430. The van der Waals surface area contributed by atoms with Crippen molar-refractivity contribution in [2.75, 3.05) is 0 Å². The second-order valence-electron chi connectivity index (χ2n) is 16.1. The van der Waals surface area contributed by atoms with E-state index in [0.29, 0.717) is 24.3 Å². The van der Waals surface area contributed by atoms with Crippen LogP contribution in [0.1, 0.15) is 124 Å². The molecule has 0 aliphatic heterocycles. The normalized spacial score (nSPS) is 14.9. The zero-order chi connectivity index (χ0) is 38.0. The van der Waals surface area contributed by atoms with Gasteiger partial charge in [-0.2, -0.15) is 0 Å². The predicted octanol–water partition coefficient (Wildman–Crippen LogP) is 8.01. The van der Waals surface area contributed by atoms with E-state index in [1.54, 1.807) is 46.4 Å². The third-order valence-electron chi connectivity index (χ3n) is 8.80. The molecule has 5 unspecified atom stereocenters. The minimum Gasteiger partial charge on any atom is -0.458 e. The largest absolute Gasteiger partial charge is 0.458 e. The number of hydrogen-bond donors (Lipinski definition) is 2. The van der Waals surface area contributed by atoms with Gasteiger partial charge in [-0.25, -0.2) is 9.59 Å². The van der Waals surface area contributed by atoms with Crippen molar-refractivity contribution in [1.82, 2.24) is 15.5 Å². The van der Waals surface area contributed by atoms with Crippen LogP contribution < -0.4 is 10.6 Å². The summed E-state index contributed by atoms with van der Waals surface area (Å²) in [5, 5.41) is 5.88. The molecule has 0 heterocycles. The first-order valence-electron chi connectivity index (χ1n) is 18.1. The van der Waals surface area contributed by atoms with Crippen molar-refractivity contribution in [2.45, 2.75) is 151 Å². The van der Waals surface area contributed by atoms with E-state index >= 15 is 4.79 Å². The number of ether oxygens (including phenoxy) is 2. The van der Waals surface area contributed by atoms with E-state index in [1.165, 1.54) is 0 Å². The SMILES string of the molecule is CCC(C)C(NC(=O)OC(C)(C)C)C(=O)N(C(C)CCC(C)C)C(C(=O)NC(Cc1ccccc1)C(=O)OC(C)(C)C)c1cccc(C)c1C. The van der Waals surface area contributed by atoms with Crippen LogP contribution in [0.15, 0.2) is 48.5 Å². The van der Waals surface area contributed by atoms with Crippen LogP contribution in [0.2, 0.25) is 0 Å². The van der Waals surface area contributed by atoms with Crippen molar-refractivity contribution in [1.29, 1.82) is 0 Å². The van der Waals surface area contributed by atoms with Crippen LogP contribution in [0.5, 0.6) is 0 Å². The number of carbonyl (C=O) groups excluding carboxylic acids is 4. The summed E-state index contributed by atoms with van der Waals surface area (Å²) in [4.78, 5) is 58.4. The molecule has 0 spiro atoms. The molecule has 2 aromatic carbocycles. The minimum absolute atomic E-state index is 0.202. The lowest BCUT2D eigenvalue weighted by molar-refractivity contribution is -0.159. The van der Waals surface area contributed by atoms with Gasteiger partial charge in [-0.3, -0.25) is 9.59 Å². The molecule has 0 aliphatic carbocycles. The number of aryl methyl sites for hydroxylation is 1. The van der Waals surface area contributed by atoms with Crippen molar-refractivity contribution in [3.05, 3.63) is 70.8 Å². The van der Waals surface area contributed by atoms with Gasteiger partial charge in [0.15, 0.2) is 0 Å². The number of benzene rings is 2. The first kappa shape index (κ1) is 42.3. The lowest BCUT2D eigenvalue weighted by Crippen LogP contribution is -2.58. The monoisotopic (exact) mass is 693 g/mol. The van der Waals surface area contributed by atoms with E-state index in [-0.39, 0.29) is 18.2 Å². The fourth-order valence-corrected chi connectivity index (χ4v) is 5.74. The average molecular weight is 694 g/mol. The van der Waals surface area contributed by atoms with Crippen molar-refractivity contribution < 1.29 is 28.7 Å². The van der Waals surface area contributed by atoms with Gasteiger partial charge < -0.3 is 25.0 Å². The number of carbonyl (C=O) groups is 4. The highest BCUT2D eigenvalue weighted by Crippen LogP contribution is 2.32. The molecule has 0 bridgehead atoms. The molecule has 3 amide bonds. The van der Waals surface area contributed by atoms with Crippen LogP contribution >= 0.6 is 0 Å². The zero-order valence-corrected chi connectivity index (χ0v) is 32.8. The van der Waals surface area contributed by atoms with Crippen molar-refractivity contribution >= 4 is 23.9 Å². The molecule has 2 aromatic rings. The average Bonchev–Trinajstić information content (AvgIpc) is 3.00. The quantitative estimate of drug-likeness (QED) is 0.183. The zero-order valence-electron chi connectivity index (χ0n) is 32.8.